The van der Waals surface area contributed by atoms with Crippen molar-refractivity contribution in [3.05, 3.63) is 99.5 Å². The number of amides is 2. The van der Waals surface area contributed by atoms with Gasteiger partial charge in [-0.3, -0.25) is 13.9 Å². The van der Waals surface area contributed by atoms with E-state index in [9.17, 15) is 18.0 Å². The number of hydrogen-bond donors (Lipinski definition) is 1. The molecule has 2 atom stereocenters. The third kappa shape index (κ3) is 9.08. The quantitative estimate of drug-likeness (QED) is 0.288. The number of carbonyl (C=O) groups excluding carboxylic acids is 2. The van der Waals surface area contributed by atoms with Crippen LogP contribution in [0.1, 0.15) is 31.4 Å². The Morgan fingerprint density at radius 2 is 1.56 bits per heavy atom. The largest absolute Gasteiger partial charge is 0.352 e. The van der Waals surface area contributed by atoms with Crippen LogP contribution in [0.25, 0.3) is 0 Å². The molecule has 0 aromatic heterocycles. The van der Waals surface area contributed by atoms with Crippen LogP contribution in [0.5, 0.6) is 0 Å². The van der Waals surface area contributed by atoms with E-state index in [4.69, 9.17) is 11.6 Å². The Balaban J connectivity index is 2.04. The molecule has 3 rings (SSSR count). The van der Waals surface area contributed by atoms with Crippen molar-refractivity contribution in [1.29, 1.82) is 0 Å². The van der Waals surface area contributed by atoms with Crippen LogP contribution in [-0.4, -0.2) is 50.0 Å². The highest BCUT2D eigenvalue weighted by Gasteiger charge is 2.33. The molecule has 0 radical (unpaired) electrons. The molecule has 0 spiro atoms. The van der Waals surface area contributed by atoms with Crippen molar-refractivity contribution in [2.75, 3.05) is 17.1 Å². The normalized spacial score (nSPS) is 12.8. The number of carbonyl (C=O) groups is 2. The van der Waals surface area contributed by atoms with Crippen LogP contribution < -0.4 is 9.62 Å². The minimum absolute atomic E-state index is 0.0954. The van der Waals surface area contributed by atoms with E-state index in [2.05, 4.69) is 21.2 Å². The Kier molecular flexibility index (Phi) is 11.0. The third-order valence-electron chi connectivity index (χ3n) is 6.33. The summed E-state index contributed by atoms with van der Waals surface area (Å²) >= 11 is 9.43. The van der Waals surface area contributed by atoms with Gasteiger partial charge >= 0.3 is 0 Å². The molecule has 0 bridgehead atoms. The minimum Gasteiger partial charge on any atom is -0.352 e. The lowest BCUT2D eigenvalue weighted by Crippen LogP contribution is -2.54. The second kappa shape index (κ2) is 14.0. The fraction of sp³-hybridized carbons (Fsp3) is 0.310. The van der Waals surface area contributed by atoms with Crippen LogP contribution in [0, 0.1) is 0 Å². The molecular formula is C29H33BrClN3O4S. The maximum Gasteiger partial charge on any atom is 0.244 e. The van der Waals surface area contributed by atoms with Crippen molar-refractivity contribution in [2.45, 2.75) is 45.3 Å². The highest BCUT2D eigenvalue weighted by Crippen LogP contribution is 2.22. The Hall–Kier alpha value is -2.88. The highest BCUT2D eigenvalue weighted by molar-refractivity contribution is 9.10. The zero-order chi connectivity index (χ0) is 28.6. The summed E-state index contributed by atoms with van der Waals surface area (Å²) in [6, 6.07) is 22.2. The van der Waals surface area contributed by atoms with E-state index in [1.165, 1.54) is 4.90 Å². The van der Waals surface area contributed by atoms with E-state index < -0.39 is 28.5 Å². The van der Waals surface area contributed by atoms with Crippen LogP contribution in [0.15, 0.2) is 83.3 Å². The number of nitrogens with zero attached hydrogens (tertiary/aromatic N) is 2. The van der Waals surface area contributed by atoms with E-state index in [1.807, 2.05) is 68.4 Å². The van der Waals surface area contributed by atoms with Crippen LogP contribution in [0.4, 0.5) is 5.69 Å². The lowest BCUT2D eigenvalue weighted by atomic mass is 10.0. The Morgan fingerprint density at radius 3 is 2.13 bits per heavy atom. The van der Waals surface area contributed by atoms with Crippen LogP contribution >= 0.6 is 27.5 Å². The second-order valence-corrected chi connectivity index (χ2v) is 12.7. The summed E-state index contributed by atoms with van der Waals surface area (Å²) in [5.74, 6) is -0.797. The molecule has 10 heteroatoms. The number of anilines is 1. The predicted octanol–water partition coefficient (Wildman–Crippen LogP) is 5.42. The van der Waals surface area contributed by atoms with Gasteiger partial charge in [-0.25, -0.2) is 8.42 Å². The SMILES string of the molecule is CC[C@@H](C)NC(=O)[C@H](Cc1ccccc1)N(Cc1ccc(Br)cc1)C(=O)CN(c1ccc(Cl)cc1)S(C)(=O)=O. The number of nitrogens with one attached hydrogen (secondary N) is 1. The van der Waals surface area contributed by atoms with Gasteiger partial charge in [-0.15, -0.1) is 0 Å². The Bertz CT molecular complexity index is 1350. The Labute approximate surface area is 244 Å². The molecule has 0 fully saturated rings. The zero-order valence-corrected chi connectivity index (χ0v) is 25.3. The van der Waals surface area contributed by atoms with Gasteiger partial charge in [0.25, 0.3) is 0 Å². The van der Waals surface area contributed by atoms with Crippen molar-refractivity contribution < 1.29 is 18.0 Å². The summed E-state index contributed by atoms with van der Waals surface area (Å²) in [6.07, 6.45) is 2.04. The summed E-state index contributed by atoms with van der Waals surface area (Å²) in [6.45, 7) is 3.52. The average Bonchev–Trinajstić information content (AvgIpc) is 2.90. The first-order valence-electron chi connectivity index (χ1n) is 12.6. The summed E-state index contributed by atoms with van der Waals surface area (Å²) in [4.78, 5) is 29.1. The highest BCUT2D eigenvalue weighted by atomic mass is 79.9. The molecule has 39 heavy (non-hydrogen) atoms. The van der Waals surface area contributed by atoms with Gasteiger partial charge in [-0.05, 0) is 60.9 Å². The Morgan fingerprint density at radius 1 is 0.949 bits per heavy atom. The first-order chi connectivity index (χ1) is 18.5. The fourth-order valence-electron chi connectivity index (χ4n) is 4.00. The number of benzene rings is 3. The van der Waals surface area contributed by atoms with Crippen LogP contribution in [0.3, 0.4) is 0 Å². The molecule has 3 aromatic rings. The van der Waals surface area contributed by atoms with Gasteiger partial charge in [-0.2, -0.15) is 0 Å². The summed E-state index contributed by atoms with van der Waals surface area (Å²) in [7, 11) is -3.83. The van der Waals surface area contributed by atoms with Gasteiger partial charge in [0.15, 0.2) is 0 Å². The molecule has 7 nitrogen and oxygen atoms in total. The van der Waals surface area contributed by atoms with Crippen molar-refractivity contribution in [3.8, 4) is 0 Å². The molecular weight excluding hydrogens is 602 g/mol. The van der Waals surface area contributed by atoms with E-state index in [0.29, 0.717) is 10.7 Å². The number of hydrogen-bond acceptors (Lipinski definition) is 4. The molecule has 208 valence electrons. The van der Waals surface area contributed by atoms with Crippen molar-refractivity contribution in [1.82, 2.24) is 10.2 Å². The van der Waals surface area contributed by atoms with Crippen LogP contribution in [0.2, 0.25) is 5.02 Å². The molecule has 1 N–H and O–H groups in total. The molecule has 0 heterocycles. The van der Waals surface area contributed by atoms with Crippen molar-refractivity contribution >= 4 is 55.1 Å². The van der Waals surface area contributed by atoms with E-state index >= 15 is 0 Å². The van der Waals surface area contributed by atoms with Crippen LogP contribution in [-0.2, 0) is 32.6 Å². The molecule has 0 saturated heterocycles. The summed E-state index contributed by atoms with van der Waals surface area (Å²) < 4.78 is 27.5. The van der Waals surface area contributed by atoms with Gasteiger partial charge in [0.1, 0.15) is 12.6 Å². The molecule has 0 unspecified atom stereocenters. The van der Waals surface area contributed by atoms with Crippen molar-refractivity contribution in [3.63, 3.8) is 0 Å². The summed E-state index contributed by atoms with van der Waals surface area (Å²) in [5.41, 5.74) is 1.99. The third-order valence-corrected chi connectivity index (χ3v) is 8.25. The van der Waals surface area contributed by atoms with E-state index in [-0.39, 0.29) is 24.9 Å². The smallest absolute Gasteiger partial charge is 0.244 e. The van der Waals surface area contributed by atoms with E-state index in [1.54, 1.807) is 24.3 Å². The first kappa shape index (κ1) is 30.7. The summed E-state index contributed by atoms with van der Waals surface area (Å²) in [5, 5.41) is 3.46. The molecule has 0 saturated carbocycles. The number of rotatable bonds is 12. The molecule has 2 amide bonds. The van der Waals surface area contributed by atoms with Gasteiger partial charge in [0.05, 0.1) is 11.9 Å². The zero-order valence-electron chi connectivity index (χ0n) is 22.2. The molecule has 3 aromatic carbocycles. The average molecular weight is 635 g/mol. The molecule has 0 aliphatic carbocycles. The minimum atomic E-state index is -3.83. The van der Waals surface area contributed by atoms with Crippen molar-refractivity contribution in [2.24, 2.45) is 0 Å². The number of halogens is 2. The lowest BCUT2D eigenvalue weighted by Gasteiger charge is -2.34. The maximum absolute atomic E-state index is 14.0. The molecule has 0 aliphatic heterocycles. The molecule has 0 aliphatic rings. The van der Waals surface area contributed by atoms with Gasteiger partial charge in [0.2, 0.25) is 21.8 Å². The van der Waals surface area contributed by atoms with Gasteiger partial charge in [0, 0.05) is 28.5 Å². The number of sulfonamides is 1. The predicted molar refractivity (Wildman–Crippen MR) is 160 cm³/mol. The second-order valence-electron chi connectivity index (χ2n) is 9.42. The fourth-order valence-corrected chi connectivity index (χ4v) is 5.24. The monoisotopic (exact) mass is 633 g/mol. The maximum atomic E-state index is 14.0. The van der Waals surface area contributed by atoms with E-state index in [0.717, 1.165) is 32.6 Å². The standard InChI is InChI=1S/C29H33BrClN3O4S/c1-4-21(2)32-29(36)27(18-22-8-6-5-7-9-22)33(19-23-10-12-24(30)13-11-23)28(35)20-34(39(3,37)38)26-16-14-25(31)15-17-26/h5-17,21,27H,4,18-20H2,1-3H3,(H,32,36)/t21-,27+/m1/s1. The lowest BCUT2D eigenvalue weighted by molar-refractivity contribution is -0.140. The first-order valence-corrected chi connectivity index (χ1v) is 15.6. The van der Waals surface area contributed by atoms with Gasteiger partial charge in [-0.1, -0.05) is 76.9 Å². The topological polar surface area (TPSA) is 86.8 Å². The van der Waals surface area contributed by atoms with Gasteiger partial charge < -0.3 is 10.2 Å².